The third kappa shape index (κ3) is 4.80. The van der Waals surface area contributed by atoms with E-state index in [9.17, 15) is 20.1 Å². The third-order valence-corrected chi connectivity index (χ3v) is 5.21. The van der Waals surface area contributed by atoms with Crippen molar-refractivity contribution in [3.8, 4) is 11.5 Å². The van der Waals surface area contributed by atoms with Gasteiger partial charge in [0.05, 0.1) is 6.10 Å². The summed E-state index contributed by atoms with van der Waals surface area (Å²) in [5.41, 5.74) is 0.315. The van der Waals surface area contributed by atoms with Crippen molar-refractivity contribution in [3.63, 3.8) is 0 Å². The Morgan fingerprint density at radius 2 is 1.83 bits per heavy atom. The van der Waals surface area contributed by atoms with E-state index in [4.69, 9.17) is 14.2 Å². The van der Waals surface area contributed by atoms with Gasteiger partial charge >= 0.3 is 5.97 Å². The summed E-state index contributed by atoms with van der Waals surface area (Å²) >= 11 is 0. The van der Waals surface area contributed by atoms with Crippen molar-refractivity contribution < 1.29 is 34.3 Å². The van der Waals surface area contributed by atoms with Crippen molar-refractivity contribution in [3.05, 3.63) is 41.5 Å². The van der Waals surface area contributed by atoms with Gasteiger partial charge in [-0.15, -0.1) is 0 Å². The summed E-state index contributed by atoms with van der Waals surface area (Å²) in [6.45, 7) is 7.17. The lowest BCUT2D eigenvalue weighted by atomic mass is 9.99. The van der Waals surface area contributed by atoms with Gasteiger partial charge in [0, 0.05) is 12.0 Å². The molecule has 158 valence electrons. The summed E-state index contributed by atoms with van der Waals surface area (Å²) in [6, 6.07) is 2.49. The molecule has 0 aliphatic carbocycles. The highest BCUT2D eigenvalue weighted by Crippen LogP contribution is 2.34. The van der Waals surface area contributed by atoms with Gasteiger partial charge in [0.15, 0.2) is 5.79 Å². The van der Waals surface area contributed by atoms with Crippen LogP contribution in [0.5, 0.6) is 11.5 Å². The number of fused-ring (bicyclic) bond motifs is 2. The Morgan fingerprint density at radius 3 is 2.55 bits per heavy atom. The molecule has 2 heterocycles. The normalized spacial score (nSPS) is 34.4. The number of aliphatic hydroxyl groups excluding tert-OH is 1. The lowest BCUT2D eigenvalue weighted by molar-refractivity contribution is -0.152. The maximum atomic E-state index is 12.7. The molecule has 2 aliphatic rings. The Hall–Kier alpha value is -2.35. The molecule has 1 unspecified atom stereocenters. The summed E-state index contributed by atoms with van der Waals surface area (Å²) in [5, 5.41) is 30.7. The van der Waals surface area contributed by atoms with Crippen LogP contribution in [0, 0.1) is 5.92 Å². The summed E-state index contributed by atoms with van der Waals surface area (Å²) in [4.78, 5) is 12.7. The summed E-state index contributed by atoms with van der Waals surface area (Å²) < 4.78 is 17.3. The molecule has 0 radical (unpaired) electrons. The third-order valence-electron chi connectivity index (χ3n) is 5.21. The van der Waals surface area contributed by atoms with Crippen LogP contribution in [0.1, 0.15) is 50.0 Å². The molecule has 1 fully saturated rings. The van der Waals surface area contributed by atoms with Crippen LogP contribution < -0.4 is 0 Å². The first-order chi connectivity index (χ1) is 13.6. The van der Waals surface area contributed by atoms with Gasteiger partial charge in [-0.05, 0) is 38.8 Å². The van der Waals surface area contributed by atoms with E-state index in [0.29, 0.717) is 12.0 Å². The van der Waals surface area contributed by atoms with Crippen LogP contribution in [0.3, 0.4) is 0 Å². The monoisotopic (exact) mass is 404 g/mol. The maximum absolute atomic E-state index is 12.7. The predicted molar refractivity (Wildman–Crippen MR) is 106 cm³/mol. The minimum Gasteiger partial charge on any atom is -0.508 e. The predicted octanol–water partition coefficient (Wildman–Crippen LogP) is 3.13. The molecule has 0 bridgehead atoms. The van der Waals surface area contributed by atoms with Gasteiger partial charge in [0.2, 0.25) is 0 Å². The zero-order valence-electron chi connectivity index (χ0n) is 17.0. The van der Waals surface area contributed by atoms with E-state index in [-0.39, 0.29) is 23.0 Å². The first kappa shape index (κ1) is 21.4. The Labute approximate surface area is 170 Å². The number of esters is 1. The molecule has 3 rings (SSSR count). The van der Waals surface area contributed by atoms with Crippen LogP contribution in [0.25, 0.3) is 6.08 Å². The van der Waals surface area contributed by atoms with E-state index in [2.05, 4.69) is 0 Å². The first-order valence-corrected chi connectivity index (χ1v) is 9.73. The second-order valence-electron chi connectivity index (χ2n) is 8.05. The van der Waals surface area contributed by atoms with Gasteiger partial charge in [-0.2, -0.15) is 0 Å². The van der Waals surface area contributed by atoms with Crippen molar-refractivity contribution in [1.29, 1.82) is 0 Å². The fourth-order valence-electron chi connectivity index (χ4n) is 3.54. The van der Waals surface area contributed by atoms with Gasteiger partial charge in [-0.25, -0.2) is 4.79 Å². The minimum atomic E-state index is -0.885. The van der Waals surface area contributed by atoms with E-state index >= 15 is 0 Å². The van der Waals surface area contributed by atoms with Crippen LogP contribution in [0.15, 0.2) is 30.4 Å². The van der Waals surface area contributed by atoms with Gasteiger partial charge in [0.1, 0.15) is 35.4 Å². The highest BCUT2D eigenvalue weighted by Gasteiger charge is 2.43. The zero-order valence-corrected chi connectivity index (χ0v) is 17.0. The minimum absolute atomic E-state index is 0.0142. The lowest BCUT2D eigenvalue weighted by Crippen LogP contribution is -2.34. The van der Waals surface area contributed by atoms with Crippen LogP contribution >= 0.6 is 0 Å². The smallest absolute Gasteiger partial charge is 0.342 e. The number of aromatic hydroxyl groups is 2. The highest BCUT2D eigenvalue weighted by atomic mass is 16.8. The Bertz CT molecular complexity index is 827. The van der Waals surface area contributed by atoms with Crippen molar-refractivity contribution in [2.45, 2.75) is 64.3 Å². The Morgan fingerprint density at radius 1 is 1.10 bits per heavy atom. The Balaban J connectivity index is 2.02. The van der Waals surface area contributed by atoms with Crippen LogP contribution in [0.4, 0.5) is 0 Å². The zero-order chi connectivity index (χ0) is 21.3. The topological polar surface area (TPSA) is 105 Å². The average Bonchev–Trinajstić information content (AvgIpc) is 2.92. The molecule has 2 aliphatic heterocycles. The fraction of sp³-hybridized carbons (Fsp3) is 0.500. The number of phenolic OH excluding ortho intramolecular Hbond substituents is 2. The number of hydrogen-bond acceptors (Lipinski definition) is 7. The lowest BCUT2D eigenvalue weighted by Gasteiger charge is -2.22. The van der Waals surface area contributed by atoms with E-state index in [1.165, 1.54) is 6.07 Å². The first-order valence-electron chi connectivity index (χ1n) is 9.73. The maximum Gasteiger partial charge on any atom is 0.342 e. The van der Waals surface area contributed by atoms with Crippen molar-refractivity contribution in [1.82, 2.24) is 0 Å². The summed E-state index contributed by atoms with van der Waals surface area (Å²) in [5.74, 6) is -2.24. The van der Waals surface area contributed by atoms with Gasteiger partial charge in [-0.3, -0.25) is 0 Å². The van der Waals surface area contributed by atoms with Crippen LogP contribution in [-0.2, 0) is 14.2 Å². The number of aliphatic hydroxyl groups is 1. The summed E-state index contributed by atoms with van der Waals surface area (Å²) in [7, 11) is 0. The molecular formula is C22H28O7. The van der Waals surface area contributed by atoms with E-state index < -0.39 is 36.2 Å². The van der Waals surface area contributed by atoms with E-state index in [1.807, 2.05) is 6.92 Å². The number of carbonyl (C=O) groups is 1. The molecule has 7 heteroatoms. The molecule has 7 nitrogen and oxygen atoms in total. The molecule has 1 aromatic carbocycles. The van der Waals surface area contributed by atoms with Crippen molar-refractivity contribution >= 4 is 12.0 Å². The number of ether oxygens (including phenoxy) is 3. The highest BCUT2D eigenvalue weighted by molar-refractivity contribution is 5.97. The number of phenols is 2. The van der Waals surface area contributed by atoms with Crippen LogP contribution in [-0.4, -0.2) is 51.5 Å². The average molecular weight is 404 g/mol. The number of carbonyl (C=O) groups excluding carboxylic acids is 1. The molecule has 5 atom stereocenters. The molecule has 3 N–H and O–H groups in total. The second-order valence-corrected chi connectivity index (χ2v) is 8.05. The second kappa shape index (κ2) is 8.18. The van der Waals surface area contributed by atoms with E-state index in [1.54, 1.807) is 45.1 Å². The molecule has 1 aromatic rings. The molecule has 29 heavy (non-hydrogen) atoms. The van der Waals surface area contributed by atoms with Gasteiger partial charge in [-0.1, -0.05) is 31.2 Å². The number of hydrogen-bond donors (Lipinski definition) is 3. The SMILES string of the molecule is C[C@@H]1/C=C\C(O)[C@H]2OC(C)(C)O[C@H]2C/C=C/c2cc(O)cc(O)c2C(=O)O[C@H]1C. The van der Waals surface area contributed by atoms with Crippen molar-refractivity contribution in [2.75, 3.05) is 0 Å². The fourth-order valence-corrected chi connectivity index (χ4v) is 3.54. The van der Waals surface area contributed by atoms with Crippen molar-refractivity contribution in [2.24, 2.45) is 5.92 Å². The standard InChI is InChI=1S/C22H28O7/c1-12-8-9-16(24)20-18(28-22(3,4)29-20)7-5-6-14-10-15(23)11-17(25)19(14)21(26)27-13(12)2/h5-6,8-13,16,18,20,23-25H,7H2,1-4H3/b6-5+,9-8-/t12-,13+,16?,18+,20-/m1/s1. The molecule has 0 aromatic heterocycles. The summed E-state index contributed by atoms with van der Waals surface area (Å²) in [6.07, 6.45) is 4.82. The molecule has 0 amide bonds. The number of benzene rings is 1. The molecule has 0 saturated carbocycles. The molecular weight excluding hydrogens is 376 g/mol. The molecule has 0 spiro atoms. The Kier molecular flexibility index (Phi) is 6.03. The molecule has 1 saturated heterocycles. The van der Waals surface area contributed by atoms with Gasteiger partial charge in [0.25, 0.3) is 0 Å². The largest absolute Gasteiger partial charge is 0.508 e. The van der Waals surface area contributed by atoms with Crippen LogP contribution in [0.2, 0.25) is 0 Å². The van der Waals surface area contributed by atoms with Gasteiger partial charge < -0.3 is 29.5 Å². The number of cyclic esters (lactones) is 1. The quantitative estimate of drug-likeness (QED) is 0.451. The van der Waals surface area contributed by atoms with E-state index in [0.717, 1.165) is 6.07 Å². The number of rotatable bonds is 0.